The van der Waals surface area contributed by atoms with Gasteiger partial charge in [0, 0.05) is 18.7 Å². The van der Waals surface area contributed by atoms with Crippen LogP contribution in [-0.4, -0.2) is 11.5 Å². The molecular formula is C11H12F2N2O2. The quantitative estimate of drug-likeness (QED) is 0.652. The molecule has 6 heteroatoms. The molecule has 0 spiro atoms. The Hall–Kier alpha value is -1.72. The number of nitrogens with zero attached hydrogens (tertiary/aromatic N) is 1. The molecule has 92 valence electrons. The Kier molecular flexibility index (Phi) is 2.95. The van der Waals surface area contributed by atoms with Crippen molar-refractivity contribution in [3.63, 3.8) is 0 Å². The highest BCUT2D eigenvalue weighted by Gasteiger charge is 2.33. The summed E-state index contributed by atoms with van der Waals surface area (Å²) in [6, 6.07) is 1.47. The van der Waals surface area contributed by atoms with Crippen molar-refractivity contribution >= 4 is 11.4 Å². The fourth-order valence-electron chi connectivity index (χ4n) is 1.81. The third-order valence-corrected chi connectivity index (χ3v) is 3.04. The molecule has 0 aliphatic heterocycles. The molecule has 1 aliphatic rings. The van der Waals surface area contributed by atoms with Gasteiger partial charge in [0.15, 0.2) is 0 Å². The molecule has 0 amide bonds. The average molecular weight is 242 g/mol. The Labute approximate surface area is 96.8 Å². The second-order valence-electron chi connectivity index (χ2n) is 4.39. The Morgan fingerprint density at radius 2 is 2.18 bits per heavy atom. The first kappa shape index (κ1) is 11.8. The van der Waals surface area contributed by atoms with Crippen molar-refractivity contribution in [1.82, 2.24) is 0 Å². The molecule has 1 saturated carbocycles. The highest BCUT2D eigenvalue weighted by Crippen LogP contribution is 2.38. The number of hydrogen-bond donors (Lipinski definition) is 1. The summed E-state index contributed by atoms with van der Waals surface area (Å²) in [7, 11) is 0. The van der Waals surface area contributed by atoms with Crippen LogP contribution < -0.4 is 5.32 Å². The zero-order chi connectivity index (χ0) is 12.6. The lowest BCUT2D eigenvalue weighted by Gasteiger charge is -2.07. The van der Waals surface area contributed by atoms with Crippen LogP contribution in [-0.2, 0) is 0 Å². The molecule has 1 N–H and O–H groups in total. The minimum absolute atomic E-state index is 0.0911. The van der Waals surface area contributed by atoms with Gasteiger partial charge in [-0.2, -0.15) is 4.39 Å². The SMILES string of the molecule is CC1CC1CNc1cc(F)cc(F)c1[N+](=O)[O-]. The van der Waals surface area contributed by atoms with E-state index < -0.39 is 22.2 Å². The minimum Gasteiger partial charge on any atom is -0.379 e. The molecule has 0 saturated heterocycles. The number of nitro groups is 1. The van der Waals surface area contributed by atoms with E-state index in [-0.39, 0.29) is 5.69 Å². The van der Waals surface area contributed by atoms with E-state index in [1.165, 1.54) is 0 Å². The lowest BCUT2D eigenvalue weighted by molar-refractivity contribution is -0.386. The van der Waals surface area contributed by atoms with E-state index >= 15 is 0 Å². The topological polar surface area (TPSA) is 55.2 Å². The van der Waals surface area contributed by atoms with Gasteiger partial charge < -0.3 is 5.32 Å². The summed E-state index contributed by atoms with van der Waals surface area (Å²) in [6.07, 6.45) is 1.04. The molecule has 2 atom stereocenters. The Morgan fingerprint density at radius 1 is 1.53 bits per heavy atom. The van der Waals surface area contributed by atoms with E-state index in [0.29, 0.717) is 24.4 Å². The lowest BCUT2D eigenvalue weighted by Crippen LogP contribution is -2.08. The van der Waals surface area contributed by atoms with Crippen LogP contribution in [0.4, 0.5) is 20.2 Å². The number of hydrogen-bond acceptors (Lipinski definition) is 3. The van der Waals surface area contributed by atoms with Crippen LogP contribution in [0.5, 0.6) is 0 Å². The summed E-state index contributed by atoms with van der Waals surface area (Å²) < 4.78 is 26.2. The van der Waals surface area contributed by atoms with Crippen molar-refractivity contribution in [2.24, 2.45) is 11.8 Å². The predicted molar refractivity (Wildman–Crippen MR) is 58.8 cm³/mol. The summed E-state index contributed by atoms with van der Waals surface area (Å²) in [5, 5.41) is 13.4. The van der Waals surface area contributed by atoms with Crippen molar-refractivity contribution in [1.29, 1.82) is 0 Å². The number of nitrogens with one attached hydrogen (secondary N) is 1. The second-order valence-corrected chi connectivity index (χ2v) is 4.39. The summed E-state index contributed by atoms with van der Waals surface area (Å²) in [5.74, 6) is -0.971. The monoisotopic (exact) mass is 242 g/mol. The van der Waals surface area contributed by atoms with E-state index in [2.05, 4.69) is 12.2 Å². The molecule has 0 radical (unpaired) electrons. The standard InChI is InChI=1S/C11H12F2N2O2/c1-6-2-7(6)5-14-10-4-8(12)3-9(13)11(10)15(16)17/h3-4,6-7,14H,2,5H2,1H3. The highest BCUT2D eigenvalue weighted by molar-refractivity contribution is 5.62. The highest BCUT2D eigenvalue weighted by atomic mass is 19.1. The van der Waals surface area contributed by atoms with E-state index in [1.807, 2.05) is 0 Å². The second kappa shape index (κ2) is 4.27. The third kappa shape index (κ3) is 2.51. The van der Waals surface area contributed by atoms with Gasteiger partial charge in [0.1, 0.15) is 11.5 Å². The molecule has 1 aromatic carbocycles. The summed E-state index contributed by atoms with van der Waals surface area (Å²) >= 11 is 0. The molecule has 0 bridgehead atoms. The van der Waals surface area contributed by atoms with Crippen LogP contribution >= 0.6 is 0 Å². The van der Waals surface area contributed by atoms with Gasteiger partial charge in [0.25, 0.3) is 0 Å². The maximum absolute atomic E-state index is 13.3. The van der Waals surface area contributed by atoms with Gasteiger partial charge in [0.2, 0.25) is 5.82 Å². The molecule has 1 fully saturated rings. The molecule has 17 heavy (non-hydrogen) atoms. The summed E-state index contributed by atoms with van der Waals surface area (Å²) in [6.45, 7) is 2.57. The van der Waals surface area contributed by atoms with Crippen molar-refractivity contribution in [2.75, 3.05) is 11.9 Å². The first-order valence-electron chi connectivity index (χ1n) is 5.36. The molecule has 2 rings (SSSR count). The van der Waals surface area contributed by atoms with Crippen LogP contribution in [0.25, 0.3) is 0 Å². The molecule has 1 aliphatic carbocycles. The van der Waals surface area contributed by atoms with E-state index in [1.54, 1.807) is 0 Å². The predicted octanol–water partition coefficient (Wildman–Crippen LogP) is 2.94. The average Bonchev–Trinajstić information content (AvgIpc) is 2.89. The van der Waals surface area contributed by atoms with E-state index in [9.17, 15) is 18.9 Å². The lowest BCUT2D eigenvalue weighted by atomic mass is 10.2. The first-order valence-corrected chi connectivity index (χ1v) is 5.36. The molecule has 2 unspecified atom stereocenters. The maximum Gasteiger partial charge on any atom is 0.327 e. The molecule has 1 aromatic rings. The zero-order valence-corrected chi connectivity index (χ0v) is 9.24. The number of rotatable bonds is 4. The fraction of sp³-hybridized carbons (Fsp3) is 0.455. The normalized spacial score (nSPS) is 22.3. The minimum atomic E-state index is -1.15. The van der Waals surface area contributed by atoms with Gasteiger partial charge in [-0.25, -0.2) is 4.39 Å². The van der Waals surface area contributed by atoms with Crippen molar-refractivity contribution in [3.05, 3.63) is 33.9 Å². The van der Waals surface area contributed by atoms with E-state index in [0.717, 1.165) is 12.5 Å². The largest absolute Gasteiger partial charge is 0.379 e. The van der Waals surface area contributed by atoms with Gasteiger partial charge in [-0.1, -0.05) is 6.92 Å². The Bertz CT molecular complexity index is 465. The Balaban J connectivity index is 2.21. The first-order chi connectivity index (χ1) is 7.99. The fourth-order valence-corrected chi connectivity index (χ4v) is 1.81. The summed E-state index contributed by atoms with van der Waals surface area (Å²) in [5.41, 5.74) is -0.786. The van der Waals surface area contributed by atoms with Crippen LogP contribution in [0.1, 0.15) is 13.3 Å². The number of halogens is 2. The van der Waals surface area contributed by atoms with Gasteiger partial charge >= 0.3 is 5.69 Å². The van der Waals surface area contributed by atoms with Crippen molar-refractivity contribution in [2.45, 2.75) is 13.3 Å². The molecular weight excluding hydrogens is 230 g/mol. The Morgan fingerprint density at radius 3 is 2.71 bits per heavy atom. The van der Waals surface area contributed by atoms with Gasteiger partial charge in [0.05, 0.1) is 4.92 Å². The van der Waals surface area contributed by atoms with Crippen molar-refractivity contribution < 1.29 is 13.7 Å². The van der Waals surface area contributed by atoms with Crippen LogP contribution in [0.15, 0.2) is 12.1 Å². The van der Waals surface area contributed by atoms with Gasteiger partial charge in [-0.3, -0.25) is 10.1 Å². The number of benzene rings is 1. The number of nitro benzene ring substituents is 1. The van der Waals surface area contributed by atoms with Crippen LogP contribution in [0.2, 0.25) is 0 Å². The van der Waals surface area contributed by atoms with Crippen LogP contribution in [0, 0.1) is 33.6 Å². The zero-order valence-electron chi connectivity index (χ0n) is 9.24. The van der Waals surface area contributed by atoms with Gasteiger partial charge in [-0.15, -0.1) is 0 Å². The third-order valence-electron chi connectivity index (χ3n) is 3.04. The molecule has 0 heterocycles. The van der Waals surface area contributed by atoms with Gasteiger partial charge in [-0.05, 0) is 18.3 Å². The van der Waals surface area contributed by atoms with Crippen molar-refractivity contribution in [3.8, 4) is 0 Å². The molecule has 4 nitrogen and oxygen atoms in total. The van der Waals surface area contributed by atoms with E-state index in [4.69, 9.17) is 0 Å². The maximum atomic E-state index is 13.3. The number of anilines is 1. The van der Waals surface area contributed by atoms with Crippen LogP contribution in [0.3, 0.4) is 0 Å². The smallest absolute Gasteiger partial charge is 0.327 e. The summed E-state index contributed by atoms with van der Waals surface area (Å²) in [4.78, 5) is 9.84. The molecule has 0 aromatic heterocycles.